The van der Waals surface area contributed by atoms with Crippen molar-refractivity contribution in [2.45, 2.75) is 25.2 Å². The normalized spacial score (nSPS) is 10.7. The Balaban J connectivity index is 2.02. The Morgan fingerprint density at radius 3 is 2.82 bits per heavy atom. The fourth-order valence-corrected chi connectivity index (χ4v) is 2.46. The summed E-state index contributed by atoms with van der Waals surface area (Å²) in [6, 6.07) is 0. The van der Waals surface area contributed by atoms with Crippen molar-refractivity contribution in [1.29, 1.82) is 0 Å². The molecule has 2 aromatic heterocycles. The number of hydrogen-bond donors (Lipinski definition) is 2. The van der Waals surface area contributed by atoms with Gasteiger partial charge < -0.3 is 9.88 Å². The molecule has 2 rings (SSSR count). The summed E-state index contributed by atoms with van der Waals surface area (Å²) in [5, 5.41) is 3.58. The zero-order valence-corrected chi connectivity index (χ0v) is 13.4. The summed E-state index contributed by atoms with van der Waals surface area (Å²) in [6.07, 6.45) is 4.99. The van der Waals surface area contributed by atoms with Crippen molar-refractivity contribution in [2.75, 3.05) is 6.26 Å². The first-order valence-electron chi connectivity index (χ1n) is 6.54. The van der Waals surface area contributed by atoms with Crippen molar-refractivity contribution in [1.82, 2.24) is 24.4 Å². The molecule has 0 atom stereocenters. The van der Waals surface area contributed by atoms with Gasteiger partial charge in [-0.25, -0.2) is 9.78 Å². The quantitative estimate of drug-likeness (QED) is 0.730. The fourth-order valence-electron chi connectivity index (χ4n) is 1.92. The summed E-state index contributed by atoms with van der Waals surface area (Å²) in [5.74, 6) is -0.319. The van der Waals surface area contributed by atoms with E-state index in [-0.39, 0.29) is 12.5 Å². The van der Waals surface area contributed by atoms with Crippen LogP contribution in [0.5, 0.6) is 0 Å². The van der Waals surface area contributed by atoms with E-state index in [1.807, 2.05) is 17.9 Å². The number of aromatic nitrogens is 4. The minimum atomic E-state index is -0.601. The number of nitrogens with one attached hydrogen (secondary N) is 2. The van der Waals surface area contributed by atoms with Crippen LogP contribution >= 0.6 is 11.8 Å². The highest BCUT2D eigenvalue weighted by atomic mass is 32.2. The second-order valence-corrected chi connectivity index (χ2v) is 5.54. The van der Waals surface area contributed by atoms with Crippen LogP contribution in [0.25, 0.3) is 0 Å². The molecule has 9 heteroatoms. The molecule has 118 valence electrons. The molecular formula is C13H17N5O3S. The Bertz CT molecular complexity index is 805. The van der Waals surface area contributed by atoms with E-state index in [4.69, 9.17) is 0 Å². The molecule has 2 heterocycles. The number of imidazole rings is 1. The molecule has 0 saturated carbocycles. The molecule has 0 radical (unpaired) electrons. The molecule has 2 aromatic rings. The number of nitrogens with zero attached hydrogens (tertiary/aromatic N) is 3. The summed E-state index contributed by atoms with van der Waals surface area (Å²) in [6.45, 7) is 1.75. The lowest BCUT2D eigenvalue weighted by Crippen LogP contribution is -2.36. The van der Waals surface area contributed by atoms with E-state index in [0.717, 1.165) is 10.9 Å². The average Bonchev–Trinajstić information content (AvgIpc) is 2.83. The Hall–Kier alpha value is -2.29. The van der Waals surface area contributed by atoms with Crippen molar-refractivity contribution in [3.63, 3.8) is 0 Å². The van der Waals surface area contributed by atoms with Crippen LogP contribution in [-0.4, -0.2) is 31.3 Å². The Labute approximate surface area is 130 Å². The zero-order chi connectivity index (χ0) is 16.3. The Morgan fingerprint density at radius 1 is 1.45 bits per heavy atom. The highest BCUT2D eigenvalue weighted by molar-refractivity contribution is 7.98. The molecule has 0 aliphatic carbocycles. The number of aryl methyl sites for hydroxylation is 1. The monoisotopic (exact) mass is 323 g/mol. The van der Waals surface area contributed by atoms with Gasteiger partial charge in [0.15, 0.2) is 5.16 Å². The molecule has 0 unspecified atom stereocenters. The van der Waals surface area contributed by atoms with Crippen molar-refractivity contribution in [3.05, 3.63) is 44.5 Å². The largest absolute Gasteiger partial charge is 0.349 e. The predicted octanol–water partition coefficient (Wildman–Crippen LogP) is -0.383. The minimum Gasteiger partial charge on any atom is -0.349 e. The van der Waals surface area contributed by atoms with Gasteiger partial charge in [0.25, 0.3) is 5.56 Å². The highest BCUT2D eigenvalue weighted by Crippen LogP contribution is 2.13. The zero-order valence-electron chi connectivity index (χ0n) is 12.5. The number of carbonyl (C=O) groups is 1. The predicted molar refractivity (Wildman–Crippen MR) is 82.9 cm³/mol. The Kier molecular flexibility index (Phi) is 4.86. The summed E-state index contributed by atoms with van der Waals surface area (Å²) in [4.78, 5) is 41.2. The SMILES string of the molecule is CSc1ncc(CNC(=O)Cn2cc(C)c(=O)[nH]c2=O)n1C. The van der Waals surface area contributed by atoms with Crippen LogP contribution in [0.15, 0.2) is 27.1 Å². The lowest BCUT2D eigenvalue weighted by Gasteiger charge is -2.08. The molecule has 1 amide bonds. The van der Waals surface area contributed by atoms with E-state index in [9.17, 15) is 14.4 Å². The molecule has 0 aromatic carbocycles. The van der Waals surface area contributed by atoms with Gasteiger partial charge in [0.1, 0.15) is 6.54 Å². The van der Waals surface area contributed by atoms with Crippen molar-refractivity contribution in [3.8, 4) is 0 Å². The first-order chi connectivity index (χ1) is 10.4. The topological polar surface area (TPSA) is 102 Å². The molecule has 0 aliphatic rings. The third kappa shape index (κ3) is 3.48. The molecule has 0 fully saturated rings. The smallest absolute Gasteiger partial charge is 0.328 e. The number of rotatable bonds is 5. The summed E-state index contributed by atoms with van der Waals surface area (Å²) in [5.41, 5.74) is 0.198. The first-order valence-corrected chi connectivity index (χ1v) is 7.76. The van der Waals surface area contributed by atoms with E-state index in [1.54, 1.807) is 13.1 Å². The van der Waals surface area contributed by atoms with Crippen molar-refractivity contribution < 1.29 is 4.79 Å². The standard InChI is InChI=1S/C13H17N5O3S/c1-8-6-18(12(21)16-11(8)20)7-10(19)14-4-9-5-15-13(22-3)17(9)2/h5-6H,4,7H2,1-3H3,(H,14,19)(H,16,20,21). The third-order valence-corrected chi connectivity index (χ3v) is 3.94. The van der Waals surface area contributed by atoms with Crippen LogP contribution in [0.3, 0.4) is 0 Å². The van der Waals surface area contributed by atoms with Gasteiger partial charge in [-0.15, -0.1) is 0 Å². The maximum Gasteiger partial charge on any atom is 0.328 e. The van der Waals surface area contributed by atoms with Gasteiger partial charge in [0.05, 0.1) is 18.4 Å². The van der Waals surface area contributed by atoms with Gasteiger partial charge in [-0.05, 0) is 13.2 Å². The minimum absolute atomic E-state index is 0.149. The van der Waals surface area contributed by atoms with Crippen molar-refractivity contribution in [2.24, 2.45) is 7.05 Å². The van der Waals surface area contributed by atoms with Crippen molar-refractivity contribution >= 4 is 17.7 Å². The molecule has 8 nitrogen and oxygen atoms in total. The highest BCUT2D eigenvalue weighted by Gasteiger charge is 2.09. The summed E-state index contributed by atoms with van der Waals surface area (Å²) >= 11 is 1.52. The van der Waals surface area contributed by atoms with Gasteiger partial charge >= 0.3 is 5.69 Å². The van der Waals surface area contributed by atoms with E-state index in [2.05, 4.69) is 15.3 Å². The number of H-pyrrole nitrogens is 1. The van der Waals surface area contributed by atoms with Gasteiger partial charge in [-0.2, -0.15) is 0 Å². The number of hydrogen-bond acceptors (Lipinski definition) is 5. The number of aromatic amines is 1. The van der Waals surface area contributed by atoms with Crippen LogP contribution in [0.1, 0.15) is 11.3 Å². The van der Waals surface area contributed by atoms with Gasteiger partial charge in [-0.1, -0.05) is 11.8 Å². The summed E-state index contributed by atoms with van der Waals surface area (Å²) < 4.78 is 3.06. The van der Waals surface area contributed by atoms with Crippen LogP contribution < -0.4 is 16.6 Å². The molecule has 0 bridgehead atoms. The van der Waals surface area contributed by atoms with Crippen LogP contribution in [0.4, 0.5) is 0 Å². The summed E-state index contributed by atoms with van der Waals surface area (Å²) in [7, 11) is 1.87. The van der Waals surface area contributed by atoms with Gasteiger partial charge in [0, 0.05) is 18.8 Å². The maximum absolute atomic E-state index is 11.9. The van der Waals surface area contributed by atoms with Crippen LogP contribution in [0.2, 0.25) is 0 Å². The first kappa shape index (κ1) is 16.1. The molecule has 0 aliphatic heterocycles. The molecule has 22 heavy (non-hydrogen) atoms. The molecular weight excluding hydrogens is 306 g/mol. The average molecular weight is 323 g/mol. The fraction of sp³-hybridized carbons (Fsp3) is 0.385. The second kappa shape index (κ2) is 6.65. The van der Waals surface area contributed by atoms with Crippen LogP contribution in [-0.2, 0) is 24.9 Å². The molecule has 0 spiro atoms. The van der Waals surface area contributed by atoms with Gasteiger partial charge in [-0.3, -0.25) is 19.1 Å². The van der Waals surface area contributed by atoms with E-state index in [0.29, 0.717) is 12.1 Å². The van der Waals surface area contributed by atoms with E-state index < -0.39 is 11.2 Å². The van der Waals surface area contributed by atoms with Gasteiger partial charge in [0.2, 0.25) is 5.91 Å². The number of amides is 1. The van der Waals surface area contributed by atoms with Crippen LogP contribution in [0, 0.1) is 6.92 Å². The maximum atomic E-state index is 11.9. The number of carbonyl (C=O) groups excluding carboxylic acids is 1. The molecule has 0 saturated heterocycles. The Morgan fingerprint density at radius 2 is 2.18 bits per heavy atom. The lowest BCUT2D eigenvalue weighted by molar-refractivity contribution is -0.121. The molecule has 2 N–H and O–H groups in total. The third-order valence-electron chi connectivity index (χ3n) is 3.19. The second-order valence-electron chi connectivity index (χ2n) is 4.77. The number of thioether (sulfide) groups is 1. The van der Waals surface area contributed by atoms with E-state index in [1.165, 1.54) is 22.5 Å². The lowest BCUT2D eigenvalue weighted by atomic mass is 10.4. The van der Waals surface area contributed by atoms with E-state index >= 15 is 0 Å².